The summed E-state index contributed by atoms with van der Waals surface area (Å²) >= 11 is 0. The van der Waals surface area contributed by atoms with Gasteiger partial charge in [-0.05, 0) is 30.8 Å². The Morgan fingerprint density at radius 3 is 2.47 bits per heavy atom. The summed E-state index contributed by atoms with van der Waals surface area (Å²) in [5, 5.41) is 20.9. The van der Waals surface area contributed by atoms with E-state index >= 15 is 0 Å². The lowest BCUT2D eigenvalue weighted by atomic mass is 9.46. The van der Waals surface area contributed by atoms with Gasteiger partial charge in [-0.1, -0.05) is 33.3 Å². The summed E-state index contributed by atoms with van der Waals surface area (Å²) in [6.07, 6.45) is 5.19. The van der Waals surface area contributed by atoms with Crippen molar-refractivity contribution in [3.63, 3.8) is 0 Å². The van der Waals surface area contributed by atoms with E-state index in [9.17, 15) is 10.2 Å². The molecule has 1 fully saturated rings. The van der Waals surface area contributed by atoms with Crippen LogP contribution in [0.3, 0.4) is 0 Å². The molecule has 2 N–H and O–H groups in total. The molecule has 0 radical (unpaired) electrons. The lowest BCUT2D eigenvalue weighted by Crippen LogP contribution is -2.64. The average Bonchev–Trinajstić information content (AvgIpc) is 2.33. The van der Waals surface area contributed by atoms with Crippen molar-refractivity contribution in [1.82, 2.24) is 0 Å². The molecule has 0 spiro atoms. The third-order valence-electron chi connectivity index (χ3n) is 5.89. The first kappa shape index (κ1) is 15.0. The minimum Gasteiger partial charge on any atom is -0.393 e. The summed E-state index contributed by atoms with van der Waals surface area (Å²) in [4.78, 5) is 0. The van der Waals surface area contributed by atoms with Crippen LogP contribution in [0, 0.1) is 16.7 Å². The van der Waals surface area contributed by atoms with Crippen LogP contribution in [-0.4, -0.2) is 35.6 Å². The number of rotatable bonds is 2. The van der Waals surface area contributed by atoms with Crippen LogP contribution in [-0.2, 0) is 4.74 Å². The first-order chi connectivity index (χ1) is 8.73. The van der Waals surface area contributed by atoms with Crippen molar-refractivity contribution in [2.75, 3.05) is 13.7 Å². The molecule has 3 nitrogen and oxygen atoms in total. The number of fused-ring (bicyclic) bond motifs is 1. The summed E-state index contributed by atoms with van der Waals surface area (Å²) in [7, 11) is 1.74. The van der Waals surface area contributed by atoms with E-state index in [0.717, 1.165) is 24.8 Å². The molecule has 2 rings (SSSR count). The van der Waals surface area contributed by atoms with E-state index in [1.54, 1.807) is 7.11 Å². The van der Waals surface area contributed by atoms with Gasteiger partial charge in [-0.3, -0.25) is 0 Å². The fourth-order valence-electron chi connectivity index (χ4n) is 4.80. The third-order valence-corrected chi connectivity index (χ3v) is 5.89. The Morgan fingerprint density at radius 2 is 1.95 bits per heavy atom. The Hall–Kier alpha value is -0.380. The summed E-state index contributed by atoms with van der Waals surface area (Å²) in [6, 6.07) is 0. The van der Waals surface area contributed by atoms with E-state index in [1.165, 1.54) is 0 Å². The molecule has 0 unspecified atom stereocenters. The quantitative estimate of drug-likeness (QED) is 0.757. The molecule has 0 amide bonds. The zero-order valence-corrected chi connectivity index (χ0v) is 12.9. The summed E-state index contributed by atoms with van der Waals surface area (Å²) < 4.78 is 5.70. The van der Waals surface area contributed by atoms with Crippen LogP contribution in [0.25, 0.3) is 0 Å². The van der Waals surface area contributed by atoms with E-state index in [-0.39, 0.29) is 29.5 Å². The highest BCUT2D eigenvalue weighted by atomic mass is 16.5. The third kappa shape index (κ3) is 1.90. The van der Waals surface area contributed by atoms with Crippen molar-refractivity contribution in [3.05, 3.63) is 11.6 Å². The van der Waals surface area contributed by atoms with Crippen molar-refractivity contribution in [1.29, 1.82) is 0 Å². The molecule has 0 saturated heterocycles. The predicted octanol–water partition coefficient (Wildman–Crippen LogP) is 2.52. The second kappa shape index (κ2) is 4.57. The SMILES string of the molecule is CO[C@@H]1C=C(C)[C@](O)(CO)[C@@]2(C)CCCC(C)(C)[C@H]12. The van der Waals surface area contributed by atoms with Crippen LogP contribution in [0.5, 0.6) is 0 Å². The van der Waals surface area contributed by atoms with Crippen molar-refractivity contribution in [2.45, 2.75) is 58.7 Å². The topological polar surface area (TPSA) is 49.7 Å². The van der Waals surface area contributed by atoms with Crippen LogP contribution >= 0.6 is 0 Å². The molecule has 0 heterocycles. The second-order valence-corrected chi connectivity index (χ2v) is 7.31. The Morgan fingerprint density at radius 1 is 1.32 bits per heavy atom. The first-order valence-corrected chi connectivity index (χ1v) is 7.28. The van der Waals surface area contributed by atoms with Gasteiger partial charge in [0.2, 0.25) is 0 Å². The molecule has 110 valence electrons. The molecular formula is C16H28O3. The summed E-state index contributed by atoms with van der Waals surface area (Å²) in [6.45, 7) is 8.33. The maximum Gasteiger partial charge on any atom is 0.114 e. The number of ether oxygens (including phenoxy) is 1. The molecule has 0 aromatic carbocycles. The standard InChI is InChI=1S/C16H28O3/c1-11-9-12(19-5)13-14(2,3)7-6-8-15(13,4)16(11,18)10-17/h9,12-13,17-18H,6-8,10H2,1-5H3/t12-,13+,15+,16-/m1/s1. The van der Waals surface area contributed by atoms with Crippen LogP contribution in [0.1, 0.15) is 47.0 Å². The lowest BCUT2D eigenvalue weighted by Gasteiger charge is -2.61. The number of hydrogen-bond donors (Lipinski definition) is 2. The Kier molecular flexibility index (Phi) is 3.62. The molecule has 0 aliphatic heterocycles. The van der Waals surface area contributed by atoms with Crippen molar-refractivity contribution >= 4 is 0 Å². The molecule has 19 heavy (non-hydrogen) atoms. The van der Waals surface area contributed by atoms with E-state index in [4.69, 9.17) is 4.74 Å². The Balaban J connectivity index is 2.60. The van der Waals surface area contributed by atoms with Gasteiger partial charge in [-0.2, -0.15) is 0 Å². The average molecular weight is 268 g/mol. The fourth-order valence-corrected chi connectivity index (χ4v) is 4.80. The van der Waals surface area contributed by atoms with Crippen molar-refractivity contribution in [2.24, 2.45) is 16.7 Å². The second-order valence-electron chi connectivity index (χ2n) is 7.31. The van der Waals surface area contributed by atoms with Gasteiger partial charge in [0.25, 0.3) is 0 Å². The van der Waals surface area contributed by atoms with Gasteiger partial charge in [0.15, 0.2) is 0 Å². The van der Waals surface area contributed by atoms with Crippen LogP contribution < -0.4 is 0 Å². The smallest absolute Gasteiger partial charge is 0.114 e. The number of aliphatic hydroxyl groups is 2. The predicted molar refractivity (Wildman–Crippen MR) is 75.8 cm³/mol. The molecule has 2 aliphatic carbocycles. The number of methoxy groups -OCH3 is 1. The largest absolute Gasteiger partial charge is 0.393 e. The highest BCUT2D eigenvalue weighted by molar-refractivity contribution is 5.30. The van der Waals surface area contributed by atoms with Gasteiger partial charge in [-0.25, -0.2) is 0 Å². The highest BCUT2D eigenvalue weighted by Crippen LogP contribution is 2.61. The lowest BCUT2D eigenvalue weighted by molar-refractivity contribution is -0.190. The molecular weight excluding hydrogens is 240 g/mol. The molecule has 3 heteroatoms. The molecule has 0 aromatic rings. The number of aliphatic hydroxyl groups excluding tert-OH is 1. The first-order valence-electron chi connectivity index (χ1n) is 7.28. The Bertz CT molecular complexity index is 387. The monoisotopic (exact) mass is 268 g/mol. The fraction of sp³-hybridized carbons (Fsp3) is 0.875. The minimum absolute atomic E-state index is 0.0205. The van der Waals surface area contributed by atoms with Crippen LogP contribution in [0.2, 0.25) is 0 Å². The van der Waals surface area contributed by atoms with Gasteiger partial charge in [-0.15, -0.1) is 0 Å². The van der Waals surface area contributed by atoms with E-state index in [0.29, 0.717) is 0 Å². The molecule has 4 atom stereocenters. The maximum atomic E-state index is 11.1. The summed E-state index contributed by atoms with van der Waals surface area (Å²) in [5.74, 6) is 0.222. The van der Waals surface area contributed by atoms with Gasteiger partial charge in [0.1, 0.15) is 5.60 Å². The van der Waals surface area contributed by atoms with E-state index in [1.807, 2.05) is 13.0 Å². The maximum absolute atomic E-state index is 11.1. The normalized spacial score (nSPS) is 45.5. The van der Waals surface area contributed by atoms with E-state index in [2.05, 4.69) is 20.8 Å². The molecule has 2 aliphatic rings. The molecule has 0 aromatic heterocycles. The van der Waals surface area contributed by atoms with Gasteiger partial charge >= 0.3 is 0 Å². The zero-order chi connectivity index (χ0) is 14.5. The molecule has 1 saturated carbocycles. The van der Waals surface area contributed by atoms with Crippen LogP contribution in [0.4, 0.5) is 0 Å². The van der Waals surface area contributed by atoms with Gasteiger partial charge in [0, 0.05) is 18.4 Å². The van der Waals surface area contributed by atoms with Gasteiger partial charge < -0.3 is 14.9 Å². The zero-order valence-electron chi connectivity index (χ0n) is 12.9. The van der Waals surface area contributed by atoms with E-state index < -0.39 is 5.60 Å². The minimum atomic E-state index is -1.12. The number of hydrogen-bond acceptors (Lipinski definition) is 3. The van der Waals surface area contributed by atoms with Crippen molar-refractivity contribution in [3.8, 4) is 0 Å². The summed E-state index contributed by atoms with van der Waals surface area (Å²) in [5.41, 5.74) is -0.500. The van der Waals surface area contributed by atoms with Crippen molar-refractivity contribution < 1.29 is 14.9 Å². The van der Waals surface area contributed by atoms with Gasteiger partial charge in [0.05, 0.1) is 12.7 Å². The highest BCUT2D eigenvalue weighted by Gasteiger charge is 2.62. The Labute approximate surface area is 116 Å². The molecule has 0 bridgehead atoms. The van der Waals surface area contributed by atoms with Crippen LogP contribution in [0.15, 0.2) is 11.6 Å².